The monoisotopic (exact) mass is 264 g/mol. The van der Waals surface area contributed by atoms with Crippen LogP contribution >= 0.6 is 0 Å². The third kappa shape index (κ3) is 5.52. The van der Waals surface area contributed by atoms with Gasteiger partial charge in [0.05, 0.1) is 0 Å². The maximum atomic E-state index is 11.5. The number of methoxy groups -OCH3 is 1. The van der Waals surface area contributed by atoms with Gasteiger partial charge in [-0.1, -0.05) is 24.3 Å². The van der Waals surface area contributed by atoms with Crippen LogP contribution in [0.5, 0.6) is 0 Å². The highest BCUT2D eigenvalue weighted by Crippen LogP contribution is 2.05. The quantitative estimate of drug-likeness (QED) is 0.589. The second-order valence-electron chi connectivity index (χ2n) is 4.21. The lowest BCUT2D eigenvalue weighted by molar-refractivity contribution is -0.139. The van der Waals surface area contributed by atoms with Crippen molar-refractivity contribution in [2.75, 3.05) is 20.3 Å². The number of amides is 2. The van der Waals surface area contributed by atoms with E-state index in [0.29, 0.717) is 26.1 Å². The molecule has 1 aromatic carbocycles. The first-order valence-electron chi connectivity index (χ1n) is 6.24. The van der Waals surface area contributed by atoms with Gasteiger partial charge in [0.25, 0.3) is 0 Å². The fourth-order valence-corrected chi connectivity index (χ4v) is 1.56. The van der Waals surface area contributed by atoms with Crippen molar-refractivity contribution in [1.82, 2.24) is 10.6 Å². The molecule has 0 aliphatic rings. The number of hydrogen-bond donors (Lipinski definition) is 2. The smallest absolute Gasteiger partial charge is 0.309 e. The van der Waals surface area contributed by atoms with Crippen molar-refractivity contribution in [3.63, 3.8) is 0 Å². The van der Waals surface area contributed by atoms with Crippen LogP contribution in [0.1, 0.15) is 17.5 Å². The maximum Gasteiger partial charge on any atom is 0.309 e. The van der Waals surface area contributed by atoms with Crippen LogP contribution in [-0.2, 0) is 20.9 Å². The zero-order valence-electron chi connectivity index (χ0n) is 11.4. The molecule has 0 aromatic heterocycles. The van der Waals surface area contributed by atoms with Crippen molar-refractivity contribution >= 4 is 11.8 Å². The molecule has 2 N–H and O–H groups in total. The minimum atomic E-state index is -0.610. The van der Waals surface area contributed by atoms with Gasteiger partial charge in [0.2, 0.25) is 0 Å². The number of carbonyl (C=O) groups is 2. The predicted molar refractivity (Wildman–Crippen MR) is 72.5 cm³/mol. The number of nitrogens with one attached hydrogen (secondary N) is 2. The Labute approximate surface area is 113 Å². The van der Waals surface area contributed by atoms with Gasteiger partial charge in [-0.15, -0.1) is 0 Å². The number of benzene rings is 1. The van der Waals surface area contributed by atoms with Crippen LogP contribution in [0.15, 0.2) is 24.3 Å². The summed E-state index contributed by atoms with van der Waals surface area (Å²) >= 11 is 0. The lowest BCUT2D eigenvalue weighted by atomic mass is 10.1. The summed E-state index contributed by atoms with van der Waals surface area (Å²) in [5, 5.41) is 5.14. The number of aryl methyl sites for hydroxylation is 1. The molecule has 0 aliphatic heterocycles. The fraction of sp³-hybridized carbons (Fsp3) is 0.429. The molecule has 0 aliphatic carbocycles. The van der Waals surface area contributed by atoms with E-state index >= 15 is 0 Å². The van der Waals surface area contributed by atoms with Gasteiger partial charge in [0.1, 0.15) is 0 Å². The molecule has 1 aromatic rings. The summed E-state index contributed by atoms with van der Waals surface area (Å²) in [6.45, 7) is 3.32. The van der Waals surface area contributed by atoms with Gasteiger partial charge in [-0.05, 0) is 24.5 Å². The molecule has 0 spiro atoms. The molecular weight excluding hydrogens is 244 g/mol. The SMILES string of the molecule is COCCCNC(=O)C(=O)NCc1ccccc1C. The van der Waals surface area contributed by atoms with Gasteiger partial charge in [-0.25, -0.2) is 0 Å². The van der Waals surface area contributed by atoms with E-state index in [1.807, 2.05) is 31.2 Å². The summed E-state index contributed by atoms with van der Waals surface area (Å²) in [7, 11) is 1.59. The highest BCUT2D eigenvalue weighted by atomic mass is 16.5. The zero-order chi connectivity index (χ0) is 14.1. The topological polar surface area (TPSA) is 67.4 Å². The molecule has 0 unspecified atom stereocenters. The molecule has 2 amide bonds. The lowest BCUT2D eigenvalue weighted by Crippen LogP contribution is -2.40. The van der Waals surface area contributed by atoms with E-state index in [-0.39, 0.29) is 0 Å². The molecule has 1 rings (SSSR count). The number of hydrogen-bond acceptors (Lipinski definition) is 3. The number of ether oxygens (including phenoxy) is 1. The molecule has 5 nitrogen and oxygen atoms in total. The Kier molecular flexibility index (Phi) is 6.60. The normalized spacial score (nSPS) is 10.0. The third-order valence-corrected chi connectivity index (χ3v) is 2.72. The number of carbonyl (C=O) groups excluding carboxylic acids is 2. The van der Waals surface area contributed by atoms with E-state index < -0.39 is 11.8 Å². The molecule has 0 fully saturated rings. The molecular formula is C14H20N2O3. The van der Waals surface area contributed by atoms with Crippen LogP contribution in [0.2, 0.25) is 0 Å². The Balaban J connectivity index is 2.31. The minimum absolute atomic E-state index is 0.358. The van der Waals surface area contributed by atoms with Crippen molar-refractivity contribution in [3.05, 3.63) is 35.4 Å². The van der Waals surface area contributed by atoms with Crippen LogP contribution in [0.25, 0.3) is 0 Å². The van der Waals surface area contributed by atoms with Gasteiger partial charge in [0, 0.05) is 26.8 Å². The second kappa shape index (κ2) is 8.26. The molecule has 5 heteroatoms. The highest BCUT2D eigenvalue weighted by Gasteiger charge is 2.12. The van der Waals surface area contributed by atoms with Crippen molar-refractivity contribution in [3.8, 4) is 0 Å². The lowest BCUT2D eigenvalue weighted by Gasteiger charge is -2.08. The molecule has 104 valence electrons. The van der Waals surface area contributed by atoms with Crippen LogP contribution in [-0.4, -0.2) is 32.1 Å². The molecule has 0 saturated heterocycles. The molecule has 0 bridgehead atoms. The zero-order valence-corrected chi connectivity index (χ0v) is 11.4. The Morgan fingerprint density at radius 1 is 1.16 bits per heavy atom. The average molecular weight is 264 g/mol. The van der Waals surface area contributed by atoms with Gasteiger partial charge < -0.3 is 15.4 Å². The first-order valence-corrected chi connectivity index (χ1v) is 6.24. The summed E-state index contributed by atoms with van der Waals surface area (Å²) < 4.78 is 4.85. The molecule has 0 atom stereocenters. The standard InChI is InChI=1S/C14H20N2O3/c1-11-6-3-4-7-12(11)10-16-14(18)13(17)15-8-5-9-19-2/h3-4,6-7H,5,8-10H2,1-2H3,(H,15,17)(H,16,18). The van der Waals surface area contributed by atoms with Crippen LogP contribution < -0.4 is 10.6 Å². The van der Waals surface area contributed by atoms with Crippen molar-refractivity contribution in [2.24, 2.45) is 0 Å². The van der Waals surface area contributed by atoms with E-state index in [4.69, 9.17) is 4.74 Å². The molecule has 19 heavy (non-hydrogen) atoms. The van der Waals surface area contributed by atoms with Gasteiger partial charge >= 0.3 is 11.8 Å². The van der Waals surface area contributed by atoms with E-state index in [0.717, 1.165) is 11.1 Å². The second-order valence-corrected chi connectivity index (χ2v) is 4.21. The molecule has 0 heterocycles. The first-order chi connectivity index (χ1) is 9.15. The Morgan fingerprint density at radius 2 is 1.84 bits per heavy atom. The van der Waals surface area contributed by atoms with Crippen LogP contribution in [0.4, 0.5) is 0 Å². The Hall–Kier alpha value is -1.88. The highest BCUT2D eigenvalue weighted by molar-refractivity contribution is 6.35. The van der Waals surface area contributed by atoms with Crippen molar-refractivity contribution in [1.29, 1.82) is 0 Å². The van der Waals surface area contributed by atoms with E-state index in [1.54, 1.807) is 7.11 Å². The van der Waals surface area contributed by atoms with Crippen molar-refractivity contribution in [2.45, 2.75) is 19.9 Å². The Morgan fingerprint density at radius 3 is 2.53 bits per heavy atom. The van der Waals surface area contributed by atoms with E-state index in [9.17, 15) is 9.59 Å². The van der Waals surface area contributed by atoms with Crippen LogP contribution in [0.3, 0.4) is 0 Å². The summed E-state index contributed by atoms with van der Waals surface area (Å²) in [6.07, 6.45) is 0.688. The van der Waals surface area contributed by atoms with Gasteiger partial charge in [-0.3, -0.25) is 9.59 Å². The summed E-state index contributed by atoms with van der Waals surface area (Å²) in [4.78, 5) is 23.0. The fourth-order valence-electron chi connectivity index (χ4n) is 1.56. The first kappa shape index (κ1) is 15.2. The van der Waals surface area contributed by atoms with Gasteiger partial charge in [0.15, 0.2) is 0 Å². The summed E-state index contributed by atoms with van der Waals surface area (Å²) in [6, 6.07) is 7.72. The number of rotatable bonds is 6. The Bertz CT molecular complexity index is 432. The predicted octanol–water partition coefficient (Wildman–Crippen LogP) is 0.764. The summed E-state index contributed by atoms with van der Waals surface area (Å²) in [5.41, 5.74) is 2.09. The molecule has 0 radical (unpaired) electrons. The van der Waals surface area contributed by atoms with E-state index in [1.165, 1.54) is 0 Å². The summed E-state index contributed by atoms with van der Waals surface area (Å²) in [5.74, 6) is -1.22. The van der Waals surface area contributed by atoms with Gasteiger partial charge in [-0.2, -0.15) is 0 Å². The maximum absolute atomic E-state index is 11.5. The minimum Gasteiger partial charge on any atom is -0.385 e. The van der Waals surface area contributed by atoms with Crippen LogP contribution in [0, 0.1) is 6.92 Å². The molecule has 0 saturated carbocycles. The largest absolute Gasteiger partial charge is 0.385 e. The average Bonchev–Trinajstić information content (AvgIpc) is 2.42. The van der Waals surface area contributed by atoms with Crippen molar-refractivity contribution < 1.29 is 14.3 Å². The van der Waals surface area contributed by atoms with E-state index in [2.05, 4.69) is 10.6 Å². The third-order valence-electron chi connectivity index (χ3n) is 2.72.